The van der Waals surface area contributed by atoms with Gasteiger partial charge in [-0.05, 0) is 51.0 Å². The fourth-order valence-electron chi connectivity index (χ4n) is 1.85. The zero-order chi connectivity index (χ0) is 13.6. The van der Waals surface area contributed by atoms with Crippen LogP contribution in [0.4, 0.5) is 0 Å². The number of rotatable bonds is 7. The smallest absolute Gasteiger partial charge is 0.0608 e. The molecule has 2 nitrogen and oxygen atoms in total. The lowest BCUT2D eigenvalue weighted by atomic mass is 9.98. The number of aliphatic hydroxyl groups excluding tert-OH is 1. The van der Waals surface area contributed by atoms with Gasteiger partial charge in [0.15, 0.2) is 0 Å². The minimum atomic E-state index is -0.412. The van der Waals surface area contributed by atoms with Crippen LogP contribution in [0.25, 0.3) is 0 Å². The monoisotopic (exact) mass is 267 g/mol. The molecule has 1 unspecified atom stereocenters. The van der Waals surface area contributed by atoms with Crippen LogP contribution in [0.15, 0.2) is 23.1 Å². The SMILES string of the molecule is Cc1ccc(SCCCCC(C)(N)CO)c(C)c1. The third-order valence-corrected chi connectivity index (χ3v) is 4.35. The second kappa shape index (κ2) is 7.17. The standard InChI is InChI=1S/C15H25NOS/c1-12-6-7-14(13(2)10-12)18-9-5-4-8-15(3,16)11-17/h6-7,10,17H,4-5,8-9,11,16H2,1-3H3. The van der Waals surface area contributed by atoms with Crippen LogP contribution in [0.1, 0.15) is 37.3 Å². The van der Waals surface area contributed by atoms with Crippen molar-refractivity contribution in [2.24, 2.45) is 5.73 Å². The van der Waals surface area contributed by atoms with Crippen LogP contribution in [0.2, 0.25) is 0 Å². The summed E-state index contributed by atoms with van der Waals surface area (Å²) < 4.78 is 0. The number of thioether (sulfide) groups is 1. The molecule has 0 aliphatic rings. The molecule has 0 aromatic heterocycles. The van der Waals surface area contributed by atoms with Gasteiger partial charge in [0.2, 0.25) is 0 Å². The highest BCUT2D eigenvalue weighted by Gasteiger charge is 2.15. The Morgan fingerprint density at radius 2 is 2.00 bits per heavy atom. The van der Waals surface area contributed by atoms with Gasteiger partial charge in [-0.1, -0.05) is 24.1 Å². The fourth-order valence-corrected chi connectivity index (χ4v) is 2.87. The molecule has 0 aliphatic carbocycles. The lowest BCUT2D eigenvalue weighted by Gasteiger charge is -2.21. The molecule has 0 bridgehead atoms. The first-order valence-electron chi connectivity index (χ1n) is 6.54. The fraction of sp³-hybridized carbons (Fsp3) is 0.600. The van der Waals surface area contributed by atoms with E-state index < -0.39 is 5.54 Å². The second-order valence-electron chi connectivity index (χ2n) is 5.39. The van der Waals surface area contributed by atoms with E-state index in [2.05, 4.69) is 32.0 Å². The lowest BCUT2D eigenvalue weighted by Crippen LogP contribution is -2.39. The van der Waals surface area contributed by atoms with Crippen LogP contribution in [-0.4, -0.2) is 23.0 Å². The molecule has 1 atom stereocenters. The molecule has 102 valence electrons. The highest BCUT2D eigenvalue weighted by molar-refractivity contribution is 7.99. The predicted molar refractivity (Wildman–Crippen MR) is 80.2 cm³/mol. The molecule has 3 heteroatoms. The summed E-state index contributed by atoms with van der Waals surface area (Å²) >= 11 is 1.91. The molecule has 0 spiro atoms. The van der Waals surface area contributed by atoms with Crippen LogP contribution in [0.3, 0.4) is 0 Å². The number of hydrogen-bond acceptors (Lipinski definition) is 3. The minimum absolute atomic E-state index is 0.0667. The van der Waals surface area contributed by atoms with Gasteiger partial charge in [-0.2, -0.15) is 0 Å². The lowest BCUT2D eigenvalue weighted by molar-refractivity contribution is 0.198. The number of hydrogen-bond donors (Lipinski definition) is 2. The molecule has 1 aromatic rings. The van der Waals surface area contributed by atoms with Gasteiger partial charge in [-0.25, -0.2) is 0 Å². The summed E-state index contributed by atoms with van der Waals surface area (Å²) in [6.07, 6.45) is 3.10. The van der Waals surface area contributed by atoms with Gasteiger partial charge in [0.1, 0.15) is 0 Å². The van der Waals surface area contributed by atoms with Crippen molar-refractivity contribution in [3.8, 4) is 0 Å². The summed E-state index contributed by atoms with van der Waals surface area (Å²) in [5.74, 6) is 1.12. The maximum atomic E-state index is 9.06. The molecule has 0 saturated heterocycles. The Morgan fingerprint density at radius 1 is 1.28 bits per heavy atom. The zero-order valence-corrected chi connectivity index (χ0v) is 12.5. The average molecular weight is 267 g/mol. The highest BCUT2D eigenvalue weighted by atomic mass is 32.2. The Morgan fingerprint density at radius 3 is 2.61 bits per heavy atom. The summed E-state index contributed by atoms with van der Waals surface area (Å²) in [4.78, 5) is 1.37. The highest BCUT2D eigenvalue weighted by Crippen LogP contribution is 2.24. The zero-order valence-electron chi connectivity index (χ0n) is 11.7. The van der Waals surface area contributed by atoms with E-state index in [1.165, 1.54) is 16.0 Å². The van der Waals surface area contributed by atoms with Crippen molar-refractivity contribution >= 4 is 11.8 Å². The van der Waals surface area contributed by atoms with E-state index in [1.807, 2.05) is 18.7 Å². The first-order chi connectivity index (χ1) is 8.44. The van der Waals surface area contributed by atoms with Crippen molar-refractivity contribution in [3.05, 3.63) is 29.3 Å². The summed E-state index contributed by atoms with van der Waals surface area (Å²) in [5, 5.41) is 9.06. The van der Waals surface area contributed by atoms with Gasteiger partial charge < -0.3 is 10.8 Å². The molecule has 0 heterocycles. The first kappa shape index (κ1) is 15.5. The third kappa shape index (κ3) is 5.42. The van der Waals surface area contributed by atoms with E-state index in [-0.39, 0.29) is 6.61 Å². The Bertz CT molecular complexity index is 377. The van der Waals surface area contributed by atoms with Crippen LogP contribution in [-0.2, 0) is 0 Å². The van der Waals surface area contributed by atoms with Crippen molar-refractivity contribution in [2.45, 2.75) is 50.5 Å². The van der Waals surface area contributed by atoms with Crippen LogP contribution < -0.4 is 5.73 Å². The van der Waals surface area contributed by atoms with Gasteiger partial charge in [-0.15, -0.1) is 11.8 Å². The van der Waals surface area contributed by atoms with Crippen LogP contribution in [0, 0.1) is 13.8 Å². The average Bonchev–Trinajstić information content (AvgIpc) is 2.31. The normalized spacial score (nSPS) is 14.5. The number of benzene rings is 1. The van der Waals surface area contributed by atoms with Crippen LogP contribution >= 0.6 is 11.8 Å². The van der Waals surface area contributed by atoms with E-state index in [9.17, 15) is 0 Å². The molecular formula is C15H25NOS. The minimum Gasteiger partial charge on any atom is -0.394 e. The van der Waals surface area contributed by atoms with Gasteiger partial charge in [0.05, 0.1) is 6.61 Å². The summed E-state index contributed by atoms with van der Waals surface area (Å²) in [6, 6.07) is 6.60. The molecule has 0 saturated carbocycles. The van der Waals surface area contributed by atoms with Gasteiger partial charge >= 0.3 is 0 Å². The molecule has 3 N–H and O–H groups in total. The molecule has 18 heavy (non-hydrogen) atoms. The Balaban J connectivity index is 2.26. The molecule has 0 radical (unpaired) electrons. The summed E-state index contributed by atoms with van der Waals surface area (Å²) in [7, 11) is 0. The maximum absolute atomic E-state index is 9.06. The largest absolute Gasteiger partial charge is 0.394 e. The Hall–Kier alpha value is -0.510. The molecule has 1 aromatic carbocycles. The molecule has 0 fully saturated rings. The third-order valence-electron chi connectivity index (χ3n) is 3.09. The second-order valence-corrected chi connectivity index (χ2v) is 6.52. The van der Waals surface area contributed by atoms with Crippen molar-refractivity contribution in [1.82, 2.24) is 0 Å². The summed E-state index contributed by atoms with van der Waals surface area (Å²) in [6.45, 7) is 6.26. The Labute approximate surface area is 115 Å². The molecule has 0 aliphatic heterocycles. The predicted octanol–water partition coefficient (Wildman–Crippen LogP) is 3.28. The van der Waals surface area contributed by atoms with E-state index in [1.54, 1.807) is 0 Å². The van der Waals surface area contributed by atoms with Gasteiger partial charge in [-0.3, -0.25) is 0 Å². The van der Waals surface area contributed by atoms with E-state index in [4.69, 9.17) is 10.8 Å². The topological polar surface area (TPSA) is 46.2 Å². The van der Waals surface area contributed by atoms with Crippen molar-refractivity contribution in [1.29, 1.82) is 0 Å². The molecular weight excluding hydrogens is 242 g/mol. The van der Waals surface area contributed by atoms with Crippen molar-refractivity contribution in [3.63, 3.8) is 0 Å². The number of aliphatic hydroxyl groups is 1. The maximum Gasteiger partial charge on any atom is 0.0608 e. The van der Waals surface area contributed by atoms with Crippen molar-refractivity contribution < 1.29 is 5.11 Å². The van der Waals surface area contributed by atoms with Crippen molar-refractivity contribution in [2.75, 3.05) is 12.4 Å². The quantitative estimate of drug-likeness (QED) is 0.589. The number of unbranched alkanes of at least 4 members (excludes halogenated alkanes) is 1. The van der Waals surface area contributed by atoms with Crippen LogP contribution in [0.5, 0.6) is 0 Å². The van der Waals surface area contributed by atoms with Gasteiger partial charge in [0, 0.05) is 10.4 Å². The van der Waals surface area contributed by atoms with E-state index in [0.29, 0.717) is 0 Å². The molecule has 0 amide bonds. The number of aryl methyl sites for hydroxylation is 2. The van der Waals surface area contributed by atoms with E-state index >= 15 is 0 Å². The molecule has 1 rings (SSSR count). The number of nitrogens with two attached hydrogens (primary N) is 1. The summed E-state index contributed by atoms with van der Waals surface area (Å²) in [5.41, 5.74) is 8.16. The Kier molecular flexibility index (Phi) is 6.19. The first-order valence-corrected chi connectivity index (χ1v) is 7.53. The van der Waals surface area contributed by atoms with E-state index in [0.717, 1.165) is 25.0 Å². The van der Waals surface area contributed by atoms with Gasteiger partial charge in [0.25, 0.3) is 0 Å².